The summed E-state index contributed by atoms with van der Waals surface area (Å²) in [6.07, 6.45) is 3.91. The second-order valence-electron chi connectivity index (χ2n) is 6.25. The van der Waals surface area contributed by atoms with Crippen LogP contribution in [0.25, 0.3) is 0 Å². The molecule has 0 aliphatic carbocycles. The maximum Gasteiger partial charge on any atom is 0.292 e. The predicted octanol–water partition coefficient (Wildman–Crippen LogP) is 2.24. The molecule has 1 aromatic carbocycles. The summed E-state index contributed by atoms with van der Waals surface area (Å²) >= 11 is 0. The highest BCUT2D eigenvalue weighted by Gasteiger charge is 2.20. The number of rotatable bonds is 8. The molecule has 1 heterocycles. The first-order chi connectivity index (χ1) is 11.6. The smallest absolute Gasteiger partial charge is 0.292 e. The number of hydrogen-bond acceptors (Lipinski definition) is 5. The number of hydrogen-bond donors (Lipinski definition) is 2. The summed E-state index contributed by atoms with van der Waals surface area (Å²) in [6, 6.07) is 6.22. The molecule has 1 amide bonds. The zero-order valence-electron chi connectivity index (χ0n) is 14.2. The molecule has 1 fully saturated rings. The second kappa shape index (κ2) is 9.34. The molecule has 1 aliphatic rings. The van der Waals surface area contributed by atoms with Gasteiger partial charge in [-0.2, -0.15) is 0 Å². The largest absolute Gasteiger partial charge is 0.320 e. The van der Waals surface area contributed by atoms with Gasteiger partial charge in [0.2, 0.25) is 5.91 Å². The maximum atomic E-state index is 12.1. The molecular formula is C17H26N4O3. The summed E-state index contributed by atoms with van der Waals surface area (Å²) < 4.78 is 0. The zero-order valence-corrected chi connectivity index (χ0v) is 14.2. The molecule has 1 saturated heterocycles. The van der Waals surface area contributed by atoms with E-state index in [1.165, 1.54) is 25.3 Å². The number of benzene rings is 1. The number of anilines is 1. The Morgan fingerprint density at radius 2 is 2.04 bits per heavy atom. The molecule has 2 N–H and O–H groups in total. The van der Waals surface area contributed by atoms with Gasteiger partial charge in [0.05, 0.1) is 4.92 Å². The van der Waals surface area contributed by atoms with Crippen LogP contribution >= 0.6 is 0 Å². The third kappa shape index (κ3) is 5.58. The van der Waals surface area contributed by atoms with Gasteiger partial charge in [0.25, 0.3) is 5.69 Å². The molecule has 0 bridgehead atoms. The summed E-state index contributed by atoms with van der Waals surface area (Å²) in [5, 5.41) is 16.8. The molecule has 0 spiro atoms. The van der Waals surface area contributed by atoms with Crippen LogP contribution in [0.4, 0.5) is 11.4 Å². The normalized spacial score (nSPS) is 16.0. The number of amides is 1. The molecule has 0 aromatic heterocycles. The lowest BCUT2D eigenvalue weighted by molar-refractivity contribution is -0.383. The molecule has 0 radical (unpaired) electrons. The second-order valence-corrected chi connectivity index (χ2v) is 6.25. The molecule has 7 nitrogen and oxygen atoms in total. The summed E-state index contributed by atoms with van der Waals surface area (Å²) in [7, 11) is 1.98. The maximum absolute atomic E-state index is 12.1. The van der Waals surface area contributed by atoms with Crippen molar-refractivity contribution in [1.29, 1.82) is 0 Å². The molecular weight excluding hydrogens is 308 g/mol. The van der Waals surface area contributed by atoms with Gasteiger partial charge >= 0.3 is 0 Å². The highest BCUT2D eigenvalue weighted by atomic mass is 16.6. The fourth-order valence-corrected chi connectivity index (χ4v) is 3.06. The van der Waals surface area contributed by atoms with Crippen molar-refractivity contribution >= 4 is 17.3 Å². The van der Waals surface area contributed by atoms with Crippen molar-refractivity contribution in [3.8, 4) is 0 Å². The number of likely N-dealkylation sites (tertiary alicyclic amines) is 1. The number of carbonyl (C=O) groups excluding carboxylic acids is 1. The Morgan fingerprint density at radius 1 is 1.33 bits per heavy atom. The number of nitro groups is 1. The van der Waals surface area contributed by atoms with Crippen LogP contribution in [0.15, 0.2) is 24.3 Å². The Kier molecular flexibility index (Phi) is 7.14. The molecule has 2 rings (SSSR count). The van der Waals surface area contributed by atoms with E-state index in [0.29, 0.717) is 13.0 Å². The number of piperidine rings is 1. The van der Waals surface area contributed by atoms with Crippen LogP contribution in [0.2, 0.25) is 0 Å². The van der Waals surface area contributed by atoms with Crippen molar-refractivity contribution in [3.63, 3.8) is 0 Å². The average molecular weight is 334 g/mol. The van der Waals surface area contributed by atoms with Crippen LogP contribution in [0, 0.1) is 16.0 Å². The number of nitrogens with one attached hydrogen (secondary N) is 2. The van der Waals surface area contributed by atoms with Crippen molar-refractivity contribution in [2.75, 3.05) is 38.5 Å². The topological polar surface area (TPSA) is 87.5 Å². The van der Waals surface area contributed by atoms with E-state index in [2.05, 4.69) is 15.5 Å². The first kappa shape index (κ1) is 18.4. The SMILES string of the molecule is CNCCC1CCN(CCC(=O)Nc2ccccc2[N+](=O)[O-])CC1. The fourth-order valence-electron chi connectivity index (χ4n) is 3.06. The van der Waals surface area contributed by atoms with Crippen LogP contribution in [-0.4, -0.2) is 49.0 Å². The van der Waals surface area contributed by atoms with Gasteiger partial charge in [-0.25, -0.2) is 0 Å². The van der Waals surface area contributed by atoms with Gasteiger partial charge in [0.1, 0.15) is 5.69 Å². The number of nitro benzene ring substituents is 1. The third-order valence-corrected chi connectivity index (χ3v) is 4.54. The summed E-state index contributed by atoms with van der Waals surface area (Å²) in [4.78, 5) is 24.8. The van der Waals surface area contributed by atoms with Crippen LogP contribution in [0.1, 0.15) is 25.7 Å². The predicted molar refractivity (Wildman–Crippen MR) is 94.1 cm³/mol. The molecule has 1 aliphatic heterocycles. The summed E-state index contributed by atoms with van der Waals surface area (Å²) in [6.45, 7) is 3.80. The van der Waals surface area contributed by atoms with E-state index in [0.717, 1.165) is 25.6 Å². The number of carbonyl (C=O) groups is 1. The average Bonchev–Trinajstić information content (AvgIpc) is 2.59. The van der Waals surface area contributed by atoms with Gasteiger partial charge < -0.3 is 15.5 Å². The lowest BCUT2D eigenvalue weighted by Gasteiger charge is -2.31. The van der Waals surface area contributed by atoms with E-state index in [4.69, 9.17) is 0 Å². The summed E-state index contributed by atoms with van der Waals surface area (Å²) in [5.41, 5.74) is 0.189. The van der Waals surface area contributed by atoms with E-state index in [1.54, 1.807) is 18.2 Å². The molecule has 0 saturated carbocycles. The first-order valence-corrected chi connectivity index (χ1v) is 8.50. The van der Waals surface area contributed by atoms with Gasteiger partial charge in [-0.1, -0.05) is 12.1 Å². The molecule has 24 heavy (non-hydrogen) atoms. The highest BCUT2D eigenvalue weighted by Crippen LogP contribution is 2.23. The van der Waals surface area contributed by atoms with Crippen molar-refractivity contribution in [2.24, 2.45) is 5.92 Å². The van der Waals surface area contributed by atoms with Crippen molar-refractivity contribution < 1.29 is 9.72 Å². The molecule has 1 aromatic rings. The Hall–Kier alpha value is -1.99. The minimum absolute atomic E-state index is 0.0730. The van der Waals surface area contributed by atoms with Gasteiger partial charge in [-0.15, -0.1) is 0 Å². The minimum atomic E-state index is -0.481. The van der Waals surface area contributed by atoms with Crippen LogP contribution in [0.5, 0.6) is 0 Å². The first-order valence-electron chi connectivity index (χ1n) is 8.50. The minimum Gasteiger partial charge on any atom is -0.320 e. The van der Waals surface area contributed by atoms with E-state index >= 15 is 0 Å². The Labute approximate surface area is 142 Å². The van der Waals surface area contributed by atoms with Gasteiger partial charge in [-0.3, -0.25) is 14.9 Å². The van der Waals surface area contributed by atoms with E-state index in [-0.39, 0.29) is 17.3 Å². The van der Waals surface area contributed by atoms with Crippen LogP contribution in [-0.2, 0) is 4.79 Å². The van der Waals surface area contributed by atoms with E-state index in [1.807, 2.05) is 7.05 Å². The monoisotopic (exact) mass is 334 g/mol. The summed E-state index contributed by atoms with van der Waals surface area (Å²) in [5.74, 6) is 0.594. The molecule has 7 heteroatoms. The number of nitrogens with zero attached hydrogens (tertiary/aromatic N) is 2. The fraction of sp³-hybridized carbons (Fsp3) is 0.588. The van der Waals surface area contributed by atoms with E-state index in [9.17, 15) is 14.9 Å². The standard InChI is InChI=1S/C17H26N4O3/c1-18-10-6-14-7-11-20(12-8-14)13-9-17(22)19-15-4-2-3-5-16(15)21(23)24/h2-5,14,18H,6-13H2,1H3,(H,19,22). The van der Waals surface area contributed by atoms with Crippen molar-refractivity contribution in [2.45, 2.75) is 25.7 Å². The lowest BCUT2D eigenvalue weighted by Crippen LogP contribution is -2.36. The zero-order chi connectivity index (χ0) is 17.4. The van der Waals surface area contributed by atoms with Gasteiger partial charge in [0.15, 0.2) is 0 Å². The third-order valence-electron chi connectivity index (χ3n) is 4.54. The van der Waals surface area contributed by atoms with Gasteiger partial charge in [-0.05, 0) is 57.9 Å². The molecule has 132 valence electrons. The van der Waals surface area contributed by atoms with Crippen LogP contribution < -0.4 is 10.6 Å². The number of para-hydroxylation sites is 2. The Morgan fingerprint density at radius 3 is 2.71 bits per heavy atom. The molecule has 0 atom stereocenters. The van der Waals surface area contributed by atoms with Crippen LogP contribution in [0.3, 0.4) is 0 Å². The van der Waals surface area contributed by atoms with Crippen molar-refractivity contribution in [1.82, 2.24) is 10.2 Å². The molecule has 0 unspecified atom stereocenters. The highest BCUT2D eigenvalue weighted by molar-refractivity contribution is 5.93. The van der Waals surface area contributed by atoms with Crippen molar-refractivity contribution in [3.05, 3.63) is 34.4 Å². The lowest BCUT2D eigenvalue weighted by atomic mass is 9.93. The van der Waals surface area contributed by atoms with E-state index < -0.39 is 4.92 Å². The quantitative estimate of drug-likeness (QED) is 0.562. The Balaban J connectivity index is 1.74. The van der Waals surface area contributed by atoms with Gasteiger partial charge in [0, 0.05) is 19.0 Å². The Bertz CT molecular complexity index is 557.